The van der Waals surface area contributed by atoms with Crippen molar-refractivity contribution in [2.45, 2.75) is 19.4 Å². The van der Waals surface area contributed by atoms with E-state index in [0.29, 0.717) is 18.1 Å². The number of hydrogen-bond acceptors (Lipinski definition) is 7. The fraction of sp³-hybridized carbons (Fsp3) is 0.250. The maximum Gasteiger partial charge on any atom is 0.326 e. The molecule has 0 spiro atoms. The lowest BCUT2D eigenvalue weighted by Crippen LogP contribution is -2.30. The van der Waals surface area contributed by atoms with E-state index in [4.69, 9.17) is 0 Å². The second kappa shape index (κ2) is 8.39. The number of aromatic nitrogens is 2. The molecule has 0 aromatic carbocycles. The molecule has 0 radical (unpaired) electrons. The van der Waals surface area contributed by atoms with Crippen LogP contribution in [0, 0.1) is 0 Å². The van der Waals surface area contributed by atoms with Crippen LogP contribution >= 0.6 is 24.5 Å². The van der Waals surface area contributed by atoms with Crippen LogP contribution in [-0.2, 0) is 4.79 Å². The van der Waals surface area contributed by atoms with Crippen molar-refractivity contribution in [3.63, 3.8) is 0 Å². The number of nitrogens with one attached hydrogen (secondary N) is 2. The fourth-order valence-corrected chi connectivity index (χ4v) is 2.21. The second-order valence-electron chi connectivity index (χ2n) is 3.79. The largest absolute Gasteiger partial charge is 0.480 e. The lowest BCUT2D eigenvalue weighted by atomic mass is 10.1. The van der Waals surface area contributed by atoms with Crippen LogP contribution in [0.5, 0.6) is 0 Å². The van der Waals surface area contributed by atoms with E-state index in [0.717, 1.165) is 17.3 Å². The third-order valence-electron chi connectivity index (χ3n) is 2.36. The van der Waals surface area contributed by atoms with E-state index in [1.54, 1.807) is 12.2 Å². The van der Waals surface area contributed by atoms with Crippen molar-refractivity contribution in [3.8, 4) is 0 Å². The molecule has 108 valence electrons. The maximum absolute atomic E-state index is 11.3. The van der Waals surface area contributed by atoms with E-state index >= 15 is 0 Å². The highest BCUT2D eigenvalue weighted by Crippen LogP contribution is 2.21. The highest BCUT2D eigenvalue weighted by molar-refractivity contribution is 7.81. The molecular formula is C12H16N4O2S2. The Morgan fingerprint density at radius 1 is 1.55 bits per heavy atom. The van der Waals surface area contributed by atoms with E-state index in [1.807, 2.05) is 19.1 Å². The number of rotatable bonds is 8. The van der Waals surface area contributed by atoms with E-state index in [9.17, 15) is 9.90 Å². The highest BCUT2D eigenvalue weighted by Gasteiger charge is 2.21. The number of nitrogens with zero attached hydrogens (tertiary/aromatic N) is 2. The summed E-state index contributed by atoms with van der Waals surface area (Å²) in [4.78, 5) is 11.3. The average Bonchev–Trinajstić information content (AvgIpc) is 2.85. The molecule has 1 heterocycles. The Balaban J connectivity index is 2.87. The van der Waals surface area contributed by atoms with Gasteiger partial charge in [-0.15, -0.1) is 0 Å². The molecule has 0 aliphatic rings. The van der Waals surface area contributed by atoms with Crippen LogP contribution in [0.3, 0.4) is 0 Å². The van der Waals surface area contributed by atoms with Crippen LogP contribution in [0.1, 0.15) is 13.3 Å². The molecule has 1 aromatic rings. The molecule has 0 saturated carbocycles. The van der Waals surface area contributed by atoms with E-state index in [1.165, 1.54) is 0 Å². The Bertz CT molecular complexity index is 525. The first-order chi connectivity index (χ1) is 9.62. The van der Waals surface area contributed by atoms with Crippen LogP contribution in [0.4, 0.5) is 11.6 Å². The molecule has 1 unspecified atom stereocenters. The van der Waals surface area contributed by atoms with Crippen LogP contribution in [0.15, 0.2) is 36.5 Å². The summed E-state index contributed by atoms with van der Waals surface area (Å²) >= 11 is 4.86. The number of anilines is 2. The lowest BCUT2D eigenvalue weighted by molar-refractivity contribution is -0.137. The SMILES string of the molecule is C=C/C=C(\C=C/C)CC(Nc1nsnc1NS)C(=O)O. The first-order valence-electron chi connectivity index (χ1n) is 5.78. The van der Waals surface area contributed by atoms with E-state index < -0.39 is 12.0 Å². The molecule has 1 aromatic heterocycles. The number of carboxylic acids is 1. The average molecular weight is 312 g/mol. The van der Waals surface area contributed by atoms with Gasteiger partial charge in [-0.05, 0) is 12.5 Å². The lowest BCUT2D eigenvalue weighted by Gasteiger charge is -2.15. The number of hydrogen-bond donors (Lipinski definition) is 4. The summed E-state index contributed by atoms with van der Waals surface area (Å²) in [6, 6.07) is -0.818. The predicted molar refractivity (Wildman–Crippen MR) is 85.3 cm³/mol. The third-order valence-corrected chi connectivity index (χ3v) is 3.10. The Morgan fingerprint density at radius 2 is 2.25 bits per heavy atom. The summed E-state index contributed by atoms with van der Waals surface area (Å²) in [5, 5.41) is 12.1. The maximum atomic E-state index is 11.3. The predicted octanol–water partition coefficient (Wildman–Crippen LogP) is 2.74. The second-order valence-corrected chi connectivity index (χ2v) is 4.54. The van der Waals surface area contributed by atoms with Gasteiger partial charge in [0.15, 0.2) is 11.6 Å². The molecule has 1 atom stereocenters. The van der Waals surface area contributed by atoms with Crippen molar-refractivity contribution in [2.24, 2.45) is 0 Å². The van der Waals surface area contributed by atoms with Crippen LogP contribution in [0.2, 0.25) is 0 Å². The minimum Gasteiger partial charge on any atom is -0.480 e. The summed E-state index contributed by atoms with van der Waals surface area (Å²) in [6.07, 6.45) is 7.39. The normalized spacial score (nSPS) is 13.2. The number of allylic oxidation sites excluding steroid dienone is 4. The highest BCUT2D eigenvalue weighted by atomic mass is 32.1. The van der Waals surface area contributed by atoms with Crippen molar-refractivity contribution < 1.29 is 9.90 Å². The van der Waals surface area contributed by atoms with Crippen molar-refractivity contribution in [3.05, 3.63) is 36.5 Å². The summed E-state index contributed by atoms with van der Waals surface area (Å²) in [5.74, 6) is -0.191. The first-order valence-corrected chi connectivity index (χ1v) is 6.96. The number of carboxylic acid groups (broad SMARTS) is 1. The number of carbonyl (C=O) groups is 1. The van der Waals surface area contributed by atoms with Gasteiger partial charge in [0.2, 0.25) is 0 Å². The summed E-state index contributed by atoms with van der Waals surface area (Å²) < 4.78 is 10.5. The molecule has 0 saturated heterocycles. The Labute approximate surface area is 127 Å². The van der Waals surface area contributed by atoms with Gasteiger partial charge in [-0.25, -0.2) is 4.79 Å². The van der Waals surface area contributed by atoms with Crippen LogP contribution < -0.4 is 10.0 Å². The third kappa shape index (κ3) is 4.71. The van der Waals surface area contributed by atoms with Crippen molar-refractivity contribution >= 4 is 42.1 Å². The van der Waals surface area contributed by atoms with Gasteiger partial charge in [0, 0.05) is 6.42 Å². The van der Waals surface area contributed by atoms with Crippen LogP contribution in [0.25, 0.3) is 0 Å². The van der Waals surface area contributed by atoms with Gasteiger partial charge >= 0.3 is 5.97 Å². The minimum atomic E-state index is -0.970. The molecule has 0 fully saturated rings. The molecule has 0 amide bonds. The van der Waals surface area contributed by atoms with Crippen LogP contribution in [-0.4, -0.2) is 25.9 Å². The quantitative estimate of drug-likeness (QED) is 0.436. The monoisotopic (exact) mass is 312 g/mol. The van der Waals surface area contributed by atoms with Gasteiger partial charge in [0.25, 0.3) is 0 Å². The van der Waals surface area contributed by atoms with Gasteiger partial charge in [0.05, 0.1) is 11.7 Å². The summed E-state index contributed by atoms with van der Waals surface area (Å²) in [5.41, 5.74) is 0.853. The molecule has 8 heteroatoms. The Morgan fingerprint density at radius 3 is 2.80 bits per heavy atom. The standard InChI is InChI=1S/C12H16N4O2S2/c1-3-5-8(6-4-2)7-9(12(17)18)13-10-11(14-19)16-20-15-10/h3-6,9,19H,1,7H2,2H3,(H,13,15)(H,14,16)(H,17,18)/b6-4-,8-5+. The topological polar surface area (TPSA) is 87.1 Å². The van der Waals surface area contributed by atoms with Gasteiger partial charge in [-0.3, -0.25) is 0 Å². The van der Waals surface area contributed by atoms with Gasteiger partial charge in [-0.1, -0.05) is 43.7 Å². The molecule has 20 heavy (non-hydrogen) atoms. The molecule has 3 N–H and O–H groups in total. The Kier molecular flexibility index (Phi) is 6.82. The van der Waals surface area contributed by atoms with Gasteiger partial charge in [-0.2, -0.15) is 8.75 Å². The van der Waals surface area contributed by atoms with Crippen molar-refractivity contribution in [1.82, 2.24) is 8.75 Å². The number of thiol groups is 1. The molecule has 0 aliphatic heterocycles. The molecule has 0 aliphatic carbocycles. The van der Waals surface area contributed by atoms with Gasteiger partial charge in [0.1, 0.15) is 6.04 Å². The Hall–Kier alpha value is -1.80. The van der Waals surface area contributed by atoms with Crippen molar-refractivity contribution in [1.29, 1.82) is 0 Å². The summed E-state index contributed by atoms with van der Waals surface area (Å²) in [7, 11) is 0. The molecule has 0 bridgehead atoms. The first kappa shape index (κ1) is 16.3. The molecule has 6 nitrogen and oxygen atoms in total. The smallest absolute Gasteiger partial charge is 0.326 e. The zero-order valence-corrected chi connectivity index (χ0v) is 12.6. The zero-order valence-electron chi connectivity index (χ0n) is 10.9. The zero-order chi connectivity index (χ0) is 15.0. The molecular weight excluding hydrogens is 296 g/mol. The van der Waals surface area contributed by atoms with E-state index in [2.05, 4.69) is 38.2 Å². The van der Waals surface area contributed by atoms with E-state index in [-0.39, 0.29) is 0 Å². The molecule has 1 rings (SSSR count). The van der Waals surface area contributed by atoms with Gasteiger partial charge < -0.3 is 15.1 Å². The fourth-order valence-electron chi connectivity index (χ4n) is 1.51. The number of aliphatic carboxylic acids is 1. The minimum absolute atomic E-state index is 0.301. The van der Waals surface area contributed by atoms with Crippen molar-refractivity contribution in [2.75, 3.05) is 10.0 Å². The summed E-state index contributed by atoms with van der Waals surface area (Å²) in [6.45, 7) is 5.49.